The maximum absolute atomic E-state index is 13.0. The van der Waals surface area contributed by atoms with Gasteiger partial charge >= 0.3 is 12.4 Å². The van der Waals surface area contributed by atoms with Crippen LogP contribution in [0.15, 0.2) is 46.3 Å². The summed E-state index contributed by atoms with van der Waals surface area (Å²) in [6.45, 7) is 1.33. The molecule has 1 aliphatic rings. The van der Waals surface area contributed by atoms with Crippen LogP contribution in [0.2, 0.25) is 0 Å². The summed E-state index contributed by atoms with van der Waals surface area (Å²) < 4.78 is 127. The van der Waals surface area contributed by atoms with Gasteiger partial charge in [0.05, 0.1) is 26.2 Å². The van der Waals surface area contributed by atoms with Crippen LogP contribution in [0.4, 0.5) is 26.3 Å². The Bertz CT molecular complexity index is 1380. The van der Waals surface area contributed by atoms with Crippen LogP contribution in [-0.4, -0.2) is 45.3 Å². The minimum atomic E-state index is -4.89. The van der Waals surface area contributed by atoms with Crippen molar-refractivity contribution in [1.29, 1.82) is 0 Å². The van der Waals surface area contributed by atoms with E-state index in [0.717, 1.165) is 18.2 Å². The molecule has 15 heteroatoms. The van der Waals surface area contributed by atoms with Crippen LogP contribution < -0.4 is 5.32 Å². The zero-order chi connectivity index (χ0) is 27.3. The SMILES string of the molecule is CC(C1CC(NC(=O)c2ncc(C(F)(F)F)cc2S(C)(=O)=O)C1)S(=O)(=O)c1cccc(C(F)(F)F)c1. The van der Waals surface area contributed by atoms with E-state index in [1.54, 1.807) is 0 Å². The summed E-state index contributed by atoms with van der Waals surface area (Å²) in [4.78, 5) is 14.5. The summed E-state index contributed by atoms with van der Waals surface area (Å²) in [5.41, 5.74) is -3.20. The second-order valence-electron chi connectivity index (χ2n) is 8.52. The van der Waals surface area contributed by atoms with Crippen molar-refractivity contribution in [2.75, 3.05) is 6.26 Å². The molecule has 0 bridgehead atoms. The van der Waals surface area contributed by atoms with E-state index in [2.05, 4.69) is 10.3 Å². The fourth-order valence-corrected chi connectivity index (χ4v) is 6.34. The molecule has 1 N–H and O–H groups in total. The Morgan fingerprint density at radius 1 is 1.00 bits per heavy atom. The monoisotopic (exact) mass is 558 g/mol. The van der Waals surface area contributed by atoms with Gasteiger partial charge in [-0.25, -0.2) is 21.8 Å². The van der Waals surface area contributed by atoms with Crippen LogP contribution in [0.25, 0.3) is 0 Å². The zero-order valence-corrected chi connectivity index (χ0v) is 20.3. The molecule has 7 nitrogen and oxygen atoms in total. The van der Waals surface area contributed by atoms with E-state index < -0.39 is 81.8 Å². The van der Waals surface area contributed by atoms with Crippen LogP contribution in [0, 0.1) is 5.92 Å². The van der Waals surface area contributed by atoms with Crippen molar-refractivity contribution in [3.05, 3.63) is 53.3 Å². The van der Waals surface area contributed by atoms with Crippen LogP contribution in [-0.2, 0) is 32.0 Å². The number of rotatable bonds is 6. The third kappa shape index (κ3) is 5.82. The number of nitrogens with one attached hydrogen (secondary N) is 1. The maximum Gasteiger partial charge on any atom is 0.417 e. The number of nitrogens with zero attached hydrogens (tertiary/aromatic N) is 1. The number of aromatic nitrogens is 1. The summed E-state index contributed by atoms with van der Waals surface area (Å²) in [6, 6.07) is 3.01. The smallest absolute Gasteiger partial charge is 0.348 e. The van der Waals surface area contributed by atoms with Crippen LogP contribution in [0.5, 0.6) is 0 Å². The molecule has 1 aromatic carbocycles. The molecular weight excluding hydrogens is 538 g/mol. The van der Waals surface area contributed by atoms with Crippen molar-refractivity contribution in [3.63, 3.8) is 0 Å². The maximum atomic E-state index is 13.0. The average molecular weight is 559 g/mol. The van der Waals surface area contributed by atoms with Crippen molar-refractivity contribution < 1.29 is 48.0 Å². The van der Waals surface area contributed by atoms with Crippen molar-refractivity contribution in [2.45, 2.75) is 53.2 Å². The Morgan fingerprint density at radius 2 is 1.58 bits per heavy atom. The molecule has 0 aliphatic heterocycles. The minimum Gasteiger partial charge on any atom is -0.348 e. The lowest BCUT2D eigenvalue weighted by Crippen LogP contribution is -2.49. The number of sulfone groups is 2. The van der Waals surface area contributed by atoms with E-state index in [1.807, 2.05) is 0 Å². The number of pyridine rings is 1. The van der Waals surface area contributed by atoms with Gasteiger partial charge in [0, 0.05) is 18.5 Å². The van der Waals surface area contributed by atoms with Gasteiger partial charge in [-0.15, -0.1) is 0 Å². The Kier molecular flexibility index (Phi) is 7.22. The summed E-state index contributed by atoms with van der Waals surface area (Å²) >= 11 is 0. The number of alkyl halides is 6. The lowest BCUT2D eigenvalue weighted by atomic mass is 9.78. The van der Waals surface area contributed by atoms with Crippen LogP contribution in [0.1, 0.15) is 41.4 Å². The van der Waals surface area contributed by atoms with Gasteiger partial charge in [-0.05, 0) is 49.9 Å². The molecule has 1 unspecified atom stereocenters. The first kappa shape index (κ1) is 27.9. The Balaban J connectivity index is 1.72. The lowest BCUT2D eigenvalue weighted by Gasteiger charge is -2.39. The Labute approximate surface area is 202 Å². The molecule has 0 spiro atoms. The van der Waals surface area contributed by atoms with Gasteiger partial charge in [0.1, 0.15) is 5.69 Å². The average Bonchev–Trinajstić information content (AvgIpc) is 2.73. The molecule has 1 aliphatic carbocycles. The summed E-state index contributed by atoms with van der Waals surface area (Å²) in [5.74, 6) is -1.59. The highest BCUT2D eigenvalue weighted by molar-refractivity contribution is 7.92. The number of benzene rings is 1. The van der Waals surface area contributed by atoms with E-state index in [-0.39, 0.29) is 12.8 Å². The normalized spacial score (nSPS) is 19.9. The number of hydrogen-bond donors (Lipinski definition) is 1. The third-order valence-electron chi connectivity index (χ3n) is 5.95. The van der Waals surface area contributed by atoms with Crippen molar-refractivity contribution in [2.24, 2.45) is 5.92 Å². The van der Waals surface area contributed by atoms with Gasteiger partial charge in [-0.1, -0.05) is 6.07 Å². The number of hydrogen-bond acceptors (Lipinski definition) is 6. The molecule has 198 valence electrons. The molecule has 1 heterocycles. The van der Waals surface area contributed by atoms with Gasteiger partial charge in [0.25, 0.3) is 5.91 Å². The molecule has 0 radical (unpaired) electrons. The number of carbonyl (C=O) groups is 1. The molecular formula is C21H20F6N2O5S2. The highest BCUT2D eigenvalue weighted by Gasteiger charge is 2.42. The number of carbonyl (C=O) groups excluding carboxylic acids is 1. The minimum absolute atomic E-state index is 0.0972. The first-order chi connectivity index (χ1) is 16.3. The predicted molar refractivity (Wildman–Crippen MR) is 114 cm³/mol. The summed E-state index contributed by atoms with van der Waals surface area (Å²) in [6.07, 6.45) is -8.46. The standard InChI is InChI=1S/C21H20F6N2O5S2/c1-11(36(33,34)16-5-3-4-13(8-16)20(22,23)24)12-6-15(7-12)29-19(30)18-17(35(2,31)32)9-14(10-28-18)21(25,26)27/h3-5,8-12,15H,6-7H2,1-2H3,(H,29,30). The van der Waals surface area contributed by atoms with Gasteiger partial charge < -0.3 is 5.32 Å². The second-order valence-corrected chi connectivity index (χ2v) is 12.8. The van der Waals surface area contributed by atoms with Gasteiger partial charge in [0.2, 0.25) is 0 Å². The molecule has 3 rings (SSSR count). The van der Waals surface area contributed by atoms with Crippen molar-refractivity contribution >= 4 is 25.6 Å². The van der Waals surface area contributed by atoms with E-state index in [4.69, 9.17) is 0 Å². The van der Waals surface area contributed by atoms with Gasteiger partial charge in [-0.2, -0.15) is 26.3 Å². The molecule has 2 aromatic rings. The zero-order valence-electron chi connectivity index (χ0n) is 18.7. The first-order valence-corrected chi connectivity index (χ1v) is 13.7. The fraction of sp³-hybridized carbons (Fsp3) is 0.429. The van der Waals surface area contributed by atoms with E-state index in [0.29, 0.717) is 24.6 Å². The molecule has 1 fully saturated rings. The number of halogens is 6. The Morgan fingerprint density at radius 3 is 2.11 bits per heavy atom. The van der Waals surface area contributed by atoms with Crippen molar-refractivity contribution in [3.8, 4) is 0 Å². The quantitative estimate of drug-likeness (QED) is 0.539. The molecule has 1 amide bonds. The summed E-state index contributed by atoms with van der Waals surface area (Å²) in [5, 5.41) is 1.33. The highest BCUT2D eigenvalue weighted by atomic mass is 32.2. The Hall–Kier alpha value is -2.68. The summed E-state index contributed by atoms with van der Waals surface area (Å²) in [7, 11) is -8.40. The third-order valence-corrected chi connectivity index (χ3v) is 9.33. The van der Waals surface area contributed by atoms with Crippen LogP contribution >= 0.6 is 0 Å². The van der Waals surface area contributed by atoms with E-state index in [9.17, 15) is 48.0 Å². The van der Waals surface area contributed by atoms with Crippen molar-refractivity contribution in [1.82, 2.24) is 10.3 Å². The van der Waals surface area contributed by atoms with Gasteiger partial charge in [0.15, 0.2) is 19.7 Å². The number of amides is 1. The topological polar surface area (TPSA) is 110 Å². The van der Waals surface area contributed by atoms with Gasteiger partial charge in [-0.3, -0.25) is 4.79 Å². The fourth-order valence-electron chi connectivity index (χ4n) is 3.79. The molecule has 0 saturated heterocycles. The van der Waals surface area contributed by atoms with Crippen LogP contribution in [0.3, 0.4) is 0 Å². The van der Waals surface area contributed by atoms with E-state index >= 15 is 0 Å². The molecule has 1 saturated carbocycles. The van der Waals surface area contributed by atoms with E-state index in [1.165, 1.54) is 6.92 Å². The highest BCUT2D eigenvalue weighted by Crippen LogP contribution is 2.38. The second kappa shape index (κ2) is 9.32. The largest absolute Gasteiger partial charge is 0.417 e. The molecule has 1 aromatic heterocycles. The first-order valence-electron chi connectivity index (χ1n) is 10.3. The lowest BCUT2D eigenvalue weighted by molar-refractivity contribution is -0.138. The predicted octanol–water partition coefficient (Wildman–Crippen LogP) is 3.89. The molecule has 36 heavy (non-hydrogen) atoms. The molecule has 1 atom stereocenters.